The zero-order valence-corrected chi connectivity index (χ0v) is 14.5. The number of carbonyl (C=O) groups is 1. The van der Waals surface area contributed by atoms with Gasteiger partial charge in [-0.3, -0.25) is 4.79 Å². The molecule has 22 heavy (non-hydrogen) atoms. The highest BCUT2D eigenvalue weighted by molar-refractivity contribution is 9.10. The zero-order valence-electron chi connectivity index (χ0n) is 11.4. The molecule has 0 bridgehead atoms. The number of hydrogen-bond acceptors (Lipinski definition) is 2. The number of nitrogens with one attached hydrogen (secondary N) is 1. The Morgan fingerprint density at radius 3 is 2.68 bits per heavy atom. The first-order chi connectivity index (χ1) is 10.4. The first-order valence-electron chi connectivity index (χ1n) is 6.24. The molecule has 2 aromatic rings. The van der Waals surface area contributed by atoms with Gasteiger partial charge in [0.05, 0.1) is 15.2 Å². The lowest BCUT2D eigenvalue weighted by Gasteiger charge is -2.16. The van der Waals surface area contributed by atoms with Gasteiger partial charge < -0.3 is 10.1 Å². The molecule has 7 heteroatoms. The van der Waals surface area contributed by atoms with E-state index in [2.05, 4.69) is 21.2 Å². The van der Waals surface area contributed by atoms with Crippen molar-refractivity contribution >= 4 is 50.7 Å². The molecule has 1 amide bonds. The maximum atomic E-state index is 13.0. The smallest absolute Gasteiger partial charge is 0.265 e. The van der Waals surface area contributed by atoms with Crippen LogP contribution >= 0.6 is 39.1 Å². The van der Waals surface area contributed by atoms with Crippen molar-refractivity contribution in [2.24, 2.45) is 0 Å². The van der Waals surface area contributed by atoms with Gasteiger partial charge >= 0.3 is 0 Å². The monoisotopic (exact) mass is 405 g/mol. The summed E-state index contributed by atoms with van der Waals surface area (Å²) in [6.45, 7) is 1.57. The highest BCUT2D eigenvalue weighted by Crippen LogP contribution is 2.28. The molecule has 0 spiro atoms. The van der Waals surface area contributed by atoms with E-state index >= 15 is 0 Å². The van der Waals surface area contributed by atoms with Gasteiger partial charge in [0.2, 0.25) is 0 Å². The summed E-state index contributed by atoms with van der Waals surface area (Å²) in [5, 5.41) is 3.45. The lowest BCUT2D eigenvalue weighted by molar-refractivity contribution is -0.122. The number of anilines is 1. The van der Waals surface area contributed by atoms with Crippen LogP contribution in [0, 0.1) is 5.82 Å². The van der Waals surface area contributed by atoms with Gasteiger partial charge in [-0.2, -0.15) is 0 Å². The fraction of sp³-hybridized carbons (Fsp3) is 0.133. The standard InChI is InChI=1S/C15H11BrCl2FNO2/c1-8(22-14-5-3-10(19)7-11(14)16)15(21)20-13-6-9(17)2-4-12(13)18/h2-8H,1H3,(H,20,21). The molecular formula is C15H11BrCl2FNO2. The second kappa shape index (κ2) is 7.31. The summed E-state index contributed by atoms with van der Waals surface area (Å²) in [6.07, 6.45) is -0.809. The van der Waals surface area contributed by atoms with Crippen molar-refractivity contribution in [2.75, 3.05) is 5.32 Å². The van der Waals surface area contributed by atoms with Crippen molar-refractivity contribution in [1.29, 1.82) is 0 Å². The van der Waals surface area contributed by atoms with Gasteiger partial charge in [-0.25, -0.2) is 4.39 Å². The predicted octanol–water partition coefficient (Wildman–Crippen LogP) is 5.30. The third-order valence-electron chi connectivity index (χ3n) is 2.75. The highest BCUT2D eigenvalue weighted by Gasteiger charge is 2.17. The quantitative estimate of drug-likeness (QED) is 0.747. The van der Waals surface area contributed by atoms with Crippen LogP contribution in [0.1, 0.15) is 6.92 Å². The first kappa shape index (κ1) is 17.1. The van der Waals surface area contributed by atoms with Crippen LogP contribution in [0.4, 0.5) is 10.1 Å². The number of hydrogen-bond donors (Lipinski definition) is 1. The molecule has 2 aromatic carbocycles. The molecule has 1 unspecified atom stereocenters. The van der Waals surface area contributed by atoms with Gasteiger partial charge in [0.1, 0.15) is 11.6 Å². The molecule has 116 valence electrons. The molecule has 3 nitrogen and oxygen atoms in total. The number of rotatable bonds is 4. The molecule has 0 aromatic heterocycles. The van der Waals surface area contributed by atoms with Crippen LogP contribution in [-0.4, -0.2) is 12.0 Å². The minimum atomic E-state index is -0.809. The number of halogens is 4. The Bertz CT molecular complexity index is 712. The minimum Gasteiger partial charge on any atom is -0.480 e. The van der Waals surface area contributed by atoms with Gasteiger partial charge in [0.15, 0.2) is 6.10 Å². The lowest BCUT2D eigenvalue weighted by atomic mass is 10.3. The molecule has 1 N–H and O–H groups in total. The molecule has 0 saturated carbocycles. The Morgan fingerprint density at radius 1 is 1.27 bits per heavy atom. The summed E-state index contributed by atoms with van der Waals surface area (Å²) in [5.74, 6) is -0.441. The van der Waals surface area contributed by atoms with Gasteiger partial charge in [0.25, 0.3) is 5.91 Å². The van der Waals surface area contributed by atoms with E-state index < -0.39 is 17.8 Å². The molecule has 1 atom stereocenters. The number of ether oxygens (including phenoxy) is 1. The van der Waals surface area contributed by atoms with E-state index in [1.807, 2.05) is 0 Å². The summed E-state index contributed by atoms with van der Waals surface area (Å²) in [7, 11) is 0. The van der Waals surface area contributed by atoms with E-state index in [1.54, 1.807) is 25.1 Å². The van der Waals surface area contributed by atoms with Crippen LogP contribution in [0.2, 0.25) is 10.0 Å². The number of benzene rings is 2. The fourth-order valence-corrected chi connectivity index (χ4v) is 2.42. The van der Waals surface area contributed by atoms with Crippen LogP contribution in [-0.2, 0) is 4.79 Å². The van der Waals surface area contributed by atoms with Gasteiger partial charge in [-0.05, 0) is 59.3 Å². The van der Waals surface area contributed by atoms with E-state index in [0.29, 0.717) is 26.0 Å². The average molecular weight is 407 g/mol. The minimum absolute atomic E-state index is 0.362. The van der Waals surface area contributed by atoms with E-state index in [1.165, 1.54) is 18.2 Å². The molecular weight excluding hydrogens is 396 g/mol. The molecule has 0 aliphatic carbocycles. The van der Waals surface area contributed by atoms with Crippen molar-refractivity contribution < 1.29 is 13.9 Å². The van der Waals surface area contributed by atoms with Crippen LogP contribution < -0.4 is 10.1 Å². The van der Waals surface area contributed by atoms with Crippen molar-refractivity contribution in [2.45, 2.75) is 13.0 Å². The molecule has 0 saturated heterocycles. The Morgan fingerprint density at radius 2 is 2.00 bits per heavy atom. The van der Waals surface area contributed by atoms with Gasteiger partial charge in [-0.15, -0.1) is 0 Å². The average Bonchev–Trinajstić information content (AvgIpc) is 2.45. The summed E-state index contributed by atoms with van der Waals surface area (Å²) < 4.78 is 18.9. The van der Waals surface area contributed by atoms with E-state index in [9.17, 15) is 9.18 Å². The molecule has 0 aliphatic heterocycles. The van der Waals surface area contributed by atoms with E-state index in [0.717, 1.165) is 0 Å². The maximum absolute atomic E-state index is 13.0. The Hall–Kier alpha value is -1.30. The Balaban J connectivity index is 2.07. The van der Waals surface area contributed by atoms with Crippen LogP contribution in [0.5, 0.6) is 5.75 Å². The number of amides is 1. The summed E-state index contributed by atoms with van der Waals surface area (Å²) in [5.41, 5.74) is 0.396. The zero-order chi connectivity index (χ0) is 16.3. The van der Waals surface area contributed by atoms with Crippen LogP contribution in [0.25, 0.3) is 0 Å². The second-order valence-electron chi connectivity index (χ2n) is 4.45. The Kier molecular flexibility index (Phi) is 5.67. The third kappa shape index (κ3) is 4.35. The molecule has 2 rings (SSSR count). The van der Waals surface area contributed by atoms with Crippen molar-refractivity contribution in [3.63, 3.8) is 0 Å². The van der Waals surface area contributed by atoms with Crippen molar-refractivity contribution in [3.8, 4) is 5.75 Å². The maximum Gasteiger partial charge on any atom is 0.265 e. The largest absolute Gasteiger partial charge is 0.480 e. The SMILES string of the molecule is CC(Oc1ccc(F)cc1Br)C(=O)Nc1cc(Cl)ccc1Cl. The predicted molar refractivity (Wildman–Crippen MR) is 89.3 cm³/mol. The summed E-state index contributed by atoms with van der Waals surface area (Å²) >= 11 is 15.0. The van der Waals surface area contributed by atoms with E-state index in [-0.39, 0.29) is 0 Å². The fourth-order valence-electron chi connectivity index (χ4n) is 1.64. The molecule has 0 heterocycles. The Labute approximate surface area is 145 Å². The van der Waals surface area contributed by atoms with Crippen LogP contribution in [0.3, 0.4) is 0 Å². The normalized spacial score (nSPS) is 11.9. The lowest BCUT2D eigenvalue weighted by Crippen LogP contribution is -2.30. The summed E-state index contributed by atoms with van der Waals surface area (Å²) in [4.78, 5) is 12.1. The first-order valence-corrected chi connectivity index (χ1v) is 7.79. The second-order valence-corrected chi connectivity index (χ2v) is 6.15. The topological polar surface area (TPSA) is 38.3 Å². The molecule has 0 fully saturated rings. The van der Waals surface area contributed by atoms with Crippen LogP contribution in [0.15, 0.2) is 40.9 Å². The highest BCUT2D eigenvalue weighted by atomic mass is 79.9. The molecule has 0 radical (unpaired) electrons. The number of carbonyl (C=O) groups excluding carboxylic acids is 1. The summed E-state index contributed by atoms with van der Waals surface area (Å²) in [6, 6.07) is 8.70. The van der Waals surface area contributed by atoms with Crippen molar-refractivity contribution in [3.05, 3.63) is 56.7 Å². The third-order valence-corrected chi connectivity index (χ3v) is 3.94. The van der Waals surface area contributed by atoms with Gasteiger partial charge in [-0.1, -0.05) is 23.2 Å². The molecule has 0 aliphatic rings. The van der Waals surface area contributed by atoms with Crippen molar-refractivity contribution in [1.82, 2.24) is 0 Å². The van der Waals surface area contributed by atoms with E-state index in [4.69, 9.17) is 27.9 Å². The van der Waals surface area contributed by atoms with Gasteiger partial charge in [0, 0.05) is 5.02 Å².